The second kappa shape index (κ2) is 8.08. The van der Waals surface area contributed by atoms with Gasteiger partial charge in [-0.15, -0.1) is 11.3 Å². The van der Waals surface area contributed by atoms with Gasteiger partial charge in [0.2, 0.25) is 5.13 Å². The number of aryl methyl sites for hydroxylation is 1. The van der Waals surface area contributed by atoms with Gasteiger partial charge in [-0.25, -0.2) is 4.98 Å². The average Bonchev–Trinajstić information content (AvgIpc) is 3.01. The summed E-state index contributed by atoms with van der Waals surface area (Å²) in [6.07, 6.45) is 1.76. The fourth-order valence-electron chi connectivity index (χ4n) is 1.96. The highest BCUT2D eigenvalue weighted by atomic mass is 79.9. The molecule has 0 spiro atoms. The number of nitrogens with one attached hydrogen (secondary N) is 1. The molecule has 1 heterocycles. The molecule has 0 fully saturated rings. The van der Waals surface area contributed by atoms with E-state index in [1.807, 2.05) is 60.8 Å². The van der Waals surface area contributed by atoms with Gasteiger partial charge in [0.1, 0.15) is 12.4 Å². The quantitative estimate of drug-likeness (QED) is 0.453. The van der Waals surface area contributed by atoms with Crippen LogP contribution in [0, 0.1) is 6.92 Å². The molecule has 122 valence electrons. The number of halogens is 1. The fourth-order valence-corrected chi connectivity index (χ4v) is 2.87. The molecular formula is C18H16BrN3OS. The highest BCUT2D eigenvalue weighted by Gasteiger charge is 1.98. The van der Waals surface area contributed by atoms with Crippen LogP contribution in [0.3, 0.4) is 0 Å². The average molecular weight is 402 g/mol. The maximum atomic E-state index is 5.78. The largest absolute Gasteiger partial charge is 0.489 e. The number of ether oxygens (including phenoxy) is 1. The molecule has 6 heteroatoms. The Morgan fingerprint density at radius 2 is 1.92 bits per heavy atom. The molecule has 0 unspecified atom stereocenters. The summed E-state index contributed by atoms with van der Waals surface area (Å²) < 4.78 is 6.85. The van der Waals surface area contributed by atoms with E-state index in [0.717, 1.165) is 32.2 Å². The Balaban J connectivity index is 1.52. The summed E-state index contributed by atoms with van der Waals surface area (Å²) in [6.45, 7) is 2.50. The summed E-state index contributed by atoms with van der Waals surface area (Å²) in [7, 11) is 0. The Kier molecular flexibility index (Phi) is 5.61. The molecule has 0 radical (unpaired) electrons. The molecule has 1 aromatic heterocycles. The number of aromatic nitrogens is 1. The van der Waals surface area contributed by atoms with Gasteiger partial charge >= 0.3 is 0 Å². The van der Waals surface area contributed by atoms with Gasteiger partial charge in [0.25, 0.3) is 0 Å². The summed E-state index contributed by atoms with van der Waals surface area (Å²) >= 11 is 4.96. The maximum Gasteiger partial charge on any atom is 0.203 e. The first-order valence-electron chi connectivity index (χ1n) is 7.37. The van der Waals surface area contributed by atoms with Crippen LogP contribution in [0.5, 0.6) is 5.75 Å². The molecule has 0 aliphatic heterocycles. The molecule has 3 rings (SSSR count). The first-order chi connectivity index (χ1) is 11.7. The van der Waals surface area contributed by atoms with E-state index in [4.69, 9.17) is 4.74 Å². The lowest BCUT2D eigenvalue weighted by Crippen LogP contribution is -1.95. The van der Waals surface area contributed by atoms with Crippen molar-refractivity contribution in [1.82, 2.24) is 4.98 Å². The van der Waals surface area contributed by atoms with E-state index in [2.05, 4.69) is 31.4 Å². The number of thiazole rings is 1. The molecule has 0 saturated heterocycles. The smallest absolute Gasteiger partial charge is 0.203 e. The minimum absolute atomic E-state index is 0.547. The molecule has 3 aromatic rings. The van der Waals surface area contributed by atoms with Crippen LogP contribution in [0.2, 0.25) is 0 Å². The molecule has 2 aromatic carbocycles. The Hall–Kier alpha value is -2.18. The number of hydrogen-bond donors (Lipinski definition) is 1. The van der Waals surface area contributed by atoms with Crippen LogP contribution in [0.25, 0.3) is 0 Å². The van der Waals surface area contributed by atoms with E-state index in [9.17, 15) is 0 Å². The zero-order valence-corrected chi connectivity index (χ0v) is 15.5. The summed E-state index contributed by atoms with van der Waals surface area (Å²) in [6, 6.07) is 15.9. The van der Waals surface area contributed by atoms with Crippen LogP contribution < -0.4 is 10.2 Å². The molecule has 0 aliphatic carbocycles. The van der Waals surface area contributed by atoms with E-state index in [0.29, 0.717) is 6.61 Å². The third kappa shape index (κ3) is 4.91. The molecule has 0 atom stereocenters. The van der Waals surface area contributed by atoms with E-state index < -0.39 is 0 Å². The topological polar surface area (TPSA) is 46.5 Å². The standard InChI is InChI=1S/C18H16BrN3OS/c1-13-12-24-18(21-13)22-20-10-14-4-8-17(9-5-14)23-11-15-2-6-16(19)7-3-15/h2-10,12H,11H2,1H3,(H,21,22)/b20-10-. The third-order valence-corrected chi connectivity index (χ3v) is 4.59. The monoisotopic (exact) mass is 401 g/mol. The summed E-state index contributed by atoms with van der Waals surface area (Å²) in [5.74, 6) is 0.832. The van der Waals surface area contributed by atoms with Crippen LogP contribution in [-0.4, -0.2) is 11.2 Å². The van der Waals surface area contributed by atoms with Crippen LogP contribution in [0.4, 0.5) is 5.13 Å². The highest BCUT2D eigenvalue weighted by Crippen LogP contribution is 2.16. The highest BCUT2D eigenvalue weighted by molar-refractivity contribution is 9.10. The van der Waals surface area contributed by atoms with Gasteiger partial charge in [-0.2, -0.15) is 5.10 Å². The van der Waals surface area contributed by atoms with Crippen molar-refractivity contribution in [3.8, 4) is 5.75 Å². The van der Waals surface area contributed by atoms with Crippen LogP contribution in [0.1, 0.15) is 16.8 Å². The van der Waals surface area contributed by atoms with Crippen molar-refractivity contribution in [2.24, 2.45) is 5.10 Å². The molecule has 1 N–H and O–H groups in total. The van der Waals surface area contributed by atoms with Gasteiger partial charge in [-0.3, -0.25) is 5.43 Å². The lowest BCUT2D eigenvalue weighted by Gasteiger charge is -2.06. The van der Waals surface area contributed by atoms with Gasteiger partial charge in [-0.1, -0.05) is 28.1 Å². The second-order valence-electron chi connectivity index (χ2n) is 5.15. The van der Waals surface area contributed by atoms with Gasteiger partial charge < -0.3 is 4.74 Å². The Bertz CT molecular complexity index is 813. The normalized spacial score (nSPS) is 10.9. The van der Waals surface area contributed by atoms with E-state index in [1.165, 1.54) is 11.3 Å². The second-order valence-corrected chi connectivity index (χ2v) is 6.92. The lowest BCUT2D eigenvalue weighted by atomic mass is 10.2. The van der Waals surface area contributed by atoms with E-state index in [1.54, 1.807) is 6.21 Å². The molecule has 4 nitrogen and oxygen atoms in total. The molecule has 0 bridgehead atoms. The molecular weight excluding hydrogens is 386 g/mol. The number of benzene rings is 2. The Morgan fingerprint density at radius 3 is 2.58 bits per heavy atom. The van der Waals surface area contributed by atoms with Crippen molar-refractivity contribution in [2.45, 2.75) is 13.5 Å². The van der Waals surface area contributed by atoms with E-state index >= 15 is 0 Å². The first-order valence-corrected chi connectivity index (χ1v) is 9.05. The predicted octanol–water partition coefficient (Wildman–Crippen LogP) is 5.24. The number of rotatable bonds is 6. The zero-order chi connectivity index (χ0) is 16.8. The van der Waals surface area contributed by atoms with Crippen LogP contribution >= 0.6 is 27.3 Å². The summed E-state index contributed by atoms with van der Waals surface area (Å²) in [4.78, 5) is 4.29. The van der Waals surface area contributed by atoms with E-state index in [-0.39, 0.29) is 0 Å². The predicted molar refractivity (Wildman–Crippen MR) is 103 cm³/mol. The first kappa shape index (κ1) is 16.7. The minimum atomic E-state index is 0.547. The van der Waals surface area contributed by atoms with Crippen molar-refractivity contribution in [3.63, 3.8) is 0 Å². The number of nitrogens with zero attached hydrogens (tertiary/aromatic N) is 2. The minimum Gasteiger partial charge on any atom is -0.489 e. The van der Waals surface area contributed by atoms with Gasteiger partial charge in [0.15, 0.2) is 0 Å². The van der Waals surface area contributed by atoms with Crippen molar-refractivity contribution in [3.05, 3.63) is 75.2 Å². The van der Waals surface area contributed by atoms with Crippen molar-refractivity contribution in [1.29, 1.82) is 0 Å². The fraction of sp³-hybridized carbons (Fsp3) is 0.111. The SMILES string of the molecule is Cc1csc(N/N=C\c2ccc(OCc3ccc(Br)cc3)cc2)n1. The Labute approximate surface area is 153 Å². The number of hydrazone groups is 1. The molecule has 0 aliphatic rings. The number of hydrogen-bond acceptors (Lipinski definition) is 5. The Morgan fingerprint density at radius 1 is 1.17 bits per heavy atom. The number of anilines is 1. The molecule has 24 heavy (non-hydrogen) atoms. The maximum absolute atomic E-state index is 5.78. The van der Waals surface area contributed by atoms with Crippen molar-refractivity contribution < 1.29 is 4.74 Å². The molecule has 0 saturated carbocycles. The van der Waals surface area contributed by atoms with Crippen molar-refractivity contribution >= 4 is 38.6 Å². The summed E-state index contributed by atoms with van der Waals surface area (Å²) in [5.41, 5.74) is 6.04. The molecule has 0 amide bonds. The van der Waals surface area contributed by atoms with Gasteiger partial charge in [0.05, 0.1) is 11.9 Å². The van der Waals surface area contributed by atoms with Gasteiger partial charge in [0, 0.05) is 9.85 Å². The zero-order valence-electron chi connectivity index (χ0n) is 13.1. The van der Waals surface area contributed by atoms with Crippen LogP contribution in [0.15, 0.2) is 63.5 Å². The third-order valence-electron chi connectivity index (χ3n) is 3.19. The lowest BCUT2D eigenvalue weighted by molar-refractivity contribution is 0.306. The van der Waals surface area contributed by atoms with Gasteiger partial charge in [-0.05, 0) is 54.4 Å². The summed E-state index contributed by atoms with van der Waals surface area (Å²) in [5, 5.41) is 6.96. The van der Waals surface area contributed by atoms with Crippen LogP contribution in [-0.2, 0) is 6.61 Å². The van der Waals surface area contributed by atoms with Crippen molar-refractivity contribution in [2.75, 3.05) is 5.43 Å².